The molecule has 5 fully saturated rings. The first-order valence-electron chi connectivity index (χ1n) is 14.4. The molecule has 8 nitrogen and oxygen atoms in total. The quantitative estimate of drug-likeness (QED) is 0.528. The third-order valence-electron chi connectivity index (χ3n) is 12.3. The zero-order chi connectivity index (χ0) is 27.4. The number of esters is 2. The molecule has 0 aromatic heterocycles. The summed E-state index contributed by atoms with van der Waals surface area (Å²) in [7, 11) is 0. The van der Waals surface area contributed by atoms with E-state index in [1.165, 1.54) is 6.92 Å². The second kappa shape index (κ2) is 8.39. The van der Waals surface area contributed by atoms with Gasteiger partial charge in [0.1, 0.15) is 17.6 Å². The van der Waals surface area contributed by atoms with Crippen molar-refractivity contribution in [3.63, 3.8) is 0 Å². The Labute approximate surface area is 223 Å². The van der Waals surface area contributed by atoms with Crippen molar-refractivity contribution in [2.24, 2.45) is 57.7 Å². The fraction of sp³-hybridized carbons (Fsp3) is 0.800. The van der Waals surface area contributed by atoms with E-state index >= 15 is 0 Å². The number of carbonyl (C=O) groups excluding carboxylic acids is 3. The van der Waals surface area contributed by atoms with Crippen LogP contribution in [0, 0.1) is 57.7 Å². The summed E-state index contributed by atoms with van der Waals surface area (Å²) in [5.74, 6) is -2.39. The molecule has 12 atom stereocenters. The van der Waals surface area contributed by atoms with Crippen molar-refractivity contribution in [2.75, 3.05) is 0 Å². The average molecular weight is 529 g/mol. The van der Waals surface area contributed by atoms with E-state index < -0.39 is 40.9 Å². The topological polar surface area (TPSA) is 127 Å². The molecule has 0 radical (unpaired) electrons. The minimum Gasteiger partial charge on any atom is -0.481 e. The third-order valence-corrected chi connectivity index (χ3v) is 12.3. The molecule has 6 rings (SSSR count). The van der Waals surface area contributed by atoms with Crippen molar-refractivity contribution < 1.29 is 38.9 Å². The number of rotatable bonds is 3. The molecule has 38 heavy (non-hydrogen) atoms. The normalized spacial score (nSPS) is 51.0. The highest BCUT2D eigenvalue weighted by molar-refractivity contribution is 5.84. The number of ether oxygens (including phenoxy) is 2. The average Bonchev–Trinajstić information content (AvgIpc) is 3.25. The van der Waals surface area contributed by atoms with Crippen LogP contribution < -0.4 is 0 Å². The molecule has 12 unspecified atom stereocenters. The molecule has 4 saturated carbocycles. The Hall–Kier alpha value is -2.22. The number of hydrogen-bond acceptors (Lipinski definition) is 7. The number of hydrogen-bond donors (Lipinski definition) is 2. The van der Waals surface area contributed by atoms with Gasteiger partial charge in [0.25, 0.3) is 0 Å². The molecule has 0 aromatic rings. The number of allylic oxidation sites excluding steroid dienone is 1. The van der Waals surface area contributed by atoms with Crippen LogP contribution >= 0.6 is 0 Å². The van der Waals surface area contributed by atoms with E-state index in [-0.39, 0.29) is 59.1 Å². The van der Waals surface area contributed by atoms with Gasteiger partial charge in [-0.3, -0.25) is 14.4 Å². The van der Waals surface area contributed by atoms with Gasteiger partial charge in [0.2, 0.25) is 0 Å². The molecule has 0 spiro atoms. The van der Waals surface area contributed by atoms with Crippen LogP contribution in [0.4, 0.5) is 0 Å². The van der Waals surface area contributed by atoms with E-state index in [2.05, 4.69) is 13.8 Å². The van der Waals surface area contributed by atoms with Gasteiger partial charge in [-0.2, -0.15) is 0 Å². The summed E-state index contributed by atoms with van der Waals surface area (Å²) in [5, 5.41) is 20.9. The number of carbonyl (C=O) groups is 4. The predicted octanol–water partition coefficient (Wildman–Crippen LogP) is 3.89. The molecule has 0 aromatic carbocycles. The molecule has 1 aliphatic heterocycles. The maximum Gasteiger partial charge on any atom is 0.341 e. The van der Waals surface area contributed by atoms with Gasteiger partial charge >= 0.3 is 17.9 Å². The fourth-order valence-corrected chi connectivity index (χ4v) is 10.8. The maximum atomic E-state index is 14.1. The summed E-state index contributed by atoms with van der Waals surface area (Å²) in [4.78, 5) is 51.0. The van der Waals surface area contributed by atoms with Crippen molar-refractivity contribution in [1.29, 1.82) is 0 Å². The molecule has 6 aliphatic rings. The molecule has 0 bridgehead atoms. The first kappa shape index (κ1) is 26.0. The van der Waals surface area contributed by atoms with Crippen molar-refractivity contribution in [2.45, 2.75) is 91.3 Å². The smallest absolute Gasteiger partial charge is 0.341 e. The highest BCUT2D eigenvalue weighted by atomic mass is 16.6. The number of carboxylic acids is 1. The van der Waals surface area contributed by atoms with Crippen molar-refractivity contribution in [3.05, 3.63) is 11.8 Å². The van der Waals surface area contributed by atoms with Gasteiger partial charge in [0.15, 0.2) is 6.10 Å². The number of carboxylic acid groups (broad SMARTS) is 1. The van der Waals surface area contributed by atoms with Crippen LogP contribution in [0.25, 0.3) is 0 Å². The van der Waals surface area contributed by atoms with Crippen LogP contribution in [-0.2, 0) is 28.7 Å². The Bertz CT molecular complexity index is 1130. The molecule has 1 heterocycles. The van der Waals surface area contributed by atoms with Gasteiger partial charge in [0, 0.05) is 25.2 Å². The molecular formula is C30H40O8. The number of fused-ring (bicyclic) bond motifs is 9. The Kier molecular flexibility index (Phi) is 5.75. The lowest BCUT2D eigenvalue weighted by Crippen LogP contribution is -2.62. The highest BCUT2D eigenvalue weighted by Crippen LogP contribution is 2.73. The Morgan fingerprint density at radius 2 is 1.84 bits per heavy atom. The summed E-state index contributed by atoms with van der Waals surface area (Å²) < 4.78 is 11.6. The van der Waals surface area contributed by atoms with E-state index in [0.29, 0.717) is 25.0 Å². The van der Waals surface area contributed by atoms with Crippen LogP contribution in [-0.4, -0.2) is 46.1 Å². The first-order valence-corrected chi connectivity index (χ1v) is 14.4. The van der Waals surface area contributed by atoms with E-state index in [4.69, 9.17) is 9.47 Å². The Morgan fingerprint density at radius 3 is 2.53 bits per heavy atom. The summed E-state index contributed by atoms with van der Waals surface area (Å²) in [6, 6.07) is 0. The largest absolute Gasteiger partial charge is 0.481 e. The van der Waals surface area contributed by atoms with Gasteiger partial charge in [0.05, 0.1) is 11.8 Å². The third kappa shape index (κ3) is 3.31. The number of Topliss-reactive ketones (excluding diaryl/α,β-unsaturated/α-hetero) is 1. The second-order valence-electron chi connectivity index (χ2n) is 13.9. The van der Waals surface area contributed by atoms with Crippen LogP contribution in [0.1, 0.15) is 79.1 Å². The summed E-state index contributed by atoms with van der Waals surface area (Å²) >= 11 is 0. The lowest BCUT2D eigenvalue weighted by Gasteiger charge is -2.62. The van der Waals surface area contributed by atoms with E-state index in [1.807, 2.05) is 6.92 Å². The lowest BCUT2D eigenvalue weighted by molar-refractivity contribution is -0.196. The zero-order valence-electron chi connectivity index (χ0n) is 22.8. The minimum atomic E-state index is -1.34. The van der Waals surface area contributed by atoms with Gasteiger partial charge in [-0.25, -0.2) is 4.79 Å². The molecular weight excluding hydrogens is 488 g/mol. The predicted molar refractivity (Wildman–Crippen MR) is 134 cm³/mol. The lowest BCUT2D eigenvalue weighted by atomic mass is 9.43. The number of aliphatic hydroxyl groups excluding tert-OH is 1. The Morgan fingerprint density at radius 1 is 1.11 bits per heavy atom. The van der Waals surface area contributed by atoms with Crippen LogP contribution in [0.15, 0.2) is 11.8 Å². The van der Waals surface area contributed by atoms with E-state index in [1.54, 1.807) is 6.08 Å². The summed E-state index contributed by atoms with van der Waals surface area (Å²) in [6.07, 6.45) is 5.80. The van der Waals surface area contributed by atoms with Gasteiger partial charge in [-0.15, -0.1) is 0 Å². The molecule has 0 amide bonds. The summed E-state index contributed by atoms with van der Waals surface area (Å²) in [5.41, 5.74) is -1.58. The molecule has 8 heteroatoms. The standard InChI is InChI=1S/C30H40O8/c1-14(31)37-20-13-29(3)17(23-19(32)11-16-7-5-6-8-28(16,2)25(20)23)12-18-24(29)15(10-22(33)34)9-21-30(18,4)26(35)27(36)38-21/h9,15-18,20,23-26,35H,5-8,10-13H2,1-4H3,(H,33,34). The highest BCUT2D eigenvalue weighted by Gasteiger charge is 2.73. The first-order chi connectivity index (χ1) is 17.8. The number of aliphatic carboxylic acids is 1. The van der Waals surface area contributed by atoms with Gasteiger partial charge < -0.3 is 19.7 Å². The Balaban J connectivity index is 1.49. The SMILES string of the molecule is CC(=O)OC1CC2(C)C(CC3C2C(CC(=O)O)C=C2OC(=O)C(O)C23C)C2C(=O)CC3CCCCC3(C)C12. The summed E-state index contributed by atoms with van der Waals surface area (Å²) in [6.45, 7) is 7.71. The molecule has 5 aliphatic carbocycles. The fourth-order valence-electron chi connectivity index (χ4n) is 10.8. The number of aliphatic hydroxyl groups is 1. The van der Waals surface area contributed by atoms with Crippen molar-refractivity contribution in [1.82, 2.24) is 0 Å². The minimum absolute atomic E-state index is 0.0507. The molecule has 208 valence electrons. The van der Waals surface area contributed by atoms with Crippen molar-refractivity contribution >= 4 is 23.7 Å². The van der Waals surface area contributed by atoms with Crippen LogP contribution in [0.5, 0.6) is 0 Å². The molecule has 1 saturated heterocycles. The van der Waals surface area contributed by atoms with Gasteiger partial charge in [-0.1, -0.05) is 26.7 Å². The van der Waals surface area contributed by atoms with E-state index in [0.717, 1.165) is 25.7 Å². The zero-order valence-corrected chi connectivity index (χ0v) is 22.8. The van der Waals surface area contributed by atoms with Crippen molar-refractivity contribution in [3.8, 4) is 0 Å². The number of ketones is 1. The van der Waals surface area contributed by atoms with Crippen LogP contribution in [0.2, 0.25) is 0 Å². The molecule has 2 N–H and O–H groups in total. The van der Waals surface area contributed by atoms with E-state index in [9.17, 15) is 29.4 Å². The monoisotopic (exact) mass is 528 g/mol. The maximum absolute atomic E-state index is 14.1. The van der Waals surface area contributed by atoms with Gasteiger partial charge in [-0.05, 0) is 79.1 Å². The second-order valence-corrected chi connectivity index (χ2v) is 13.9. The van der Waals surface area contributed by atoms with Crippen LogP contribution in [0.3, 0.4) is 0 Å².